The molecule has 0 radical (unpaired) electrons. The zero-order valence-corrected chi connectivity index (χ0v) is 17.7. The normalized spacial score (nSPS) is 14.7. The third-order valence-corrected chi connectivity index (χ3v) is 5.96. The molecule has 5 rings (SSSR count). The smallest absolute Gasteiger partial charge is 0.293 e. The van der Waals surface area contributed by atoms with Crippen LogP contribution in [0.2, 0.25) is 0 Å². The van der Waals surface area contributed by atoms with Crippen LogP contribution in [-0.4, -0.2) is 29.0 Å². The van der Waals surface area contributed by atoms with Gasteiger partial charge in [-0.1, -0.05) is 50.1 Å². The Morgan fingerprint density at radius 1 is 1.00 bits per heavy atom. The van der Waals surface area contributed by atoms with Gasteiger partial charge in [-0.3, -0.25) is 4.79 Å². The Labute approximate surface area is 181 Å². The number of carbonyl (C=O) groups excluding carboxylic acids is 1. The molecule has 1 amide bonds. The van der Waals surface area contributed by atoms with Crippen molar-refractivity contribution in [1.29, 1.82) is 0 Å². The monoisotopic (exact) mass is 414 g/mol. The molecule has 2 aromatic heterocycles. The van der Waals surface area contributed by atoms with Crippen LogP contribution in [0.3, 0.4) is 0 Å². The van der Waals surface area contributed by atoms with Crippen LogP contribution in [0.4, 0.5) is 11.5 Å². The largest absolute Gasteiger partial charge is 0.450 e. The van der Waals surface area contributed by atoms with Crippen molar-refractivity contribution in [2.45, 2.75) is 39.0 Å². The van der Waals surface area contributed by atoms with Crippen molar-refractivity contribution in [2.75, 3.05) is 23.3 Å². The van der Waals surface area contributed by atoms with Crippen molar-refractivity contribution in [3.8, 4) is 0 Å². The highest BCUT2D eigenvalue weighted by Crippen LogP contribution is 2.34. The van der Waals surface area contributed by atoms with Crippen molar-refractivity contribution < 1.29 is 9.21 Å². The van der Waals surface area contributed by atoms with Gasteiger partial charge in [0.1, 0.15) is 11.1 Å². The van der Waals surface area contributed by atoms with E-state index in [2.05, 4.69) is 22.1 Å². The number of anilines is 2. The average Bonchev–Trinajstić information content (AvgIpc) is 2.97. The number of nitrogens with zero attached hydrogens (tertiary/aromatic N) is 3. The van der Waals surface area contributed by atoms with E-state index in [0.717, 1.165) is 60.4 Å². The van der Waals surface area contributed by atoms with Crippen LogP contribution in [0.5, 0.6) is 0 Å². The number of hydrogen-bond acceptors (Lipinski definition) is 5. The van der Waals surface area contributed by atoms with E-state index in [0.29, 0.717) is 11.1 Å². The zero-order chi connectivity index (χ0) is 21.2. The molecule has 1 aliphatic rings. The Morgan fingerprint density at radius 2 is 1.74 bits per heavy atom. The topological polar surface area (TPSA) is 71.3 Å². The fourth-order valence-electron chi connectivity index (χ4n) is 4.30. The van der Waals surface area contributed by atoms with Crippen molar-refractivity contribution in [3.05, 3.63) is 59.9 Å². The Morgan fingerprint density at radius 3 is 2.55 bits per heavy atom. The van der Waals surface area contributed by atoms with Gasteiger partial charge in [0.2, 0.25) is 5.82 Å². The van der Waals surface area contributed by atoms with E-state index in [1.807, 2.05) is 48.5 Å². The molecule has 2 aromatic carbocycles. The van der Waals surface area contributed by atoms with Crippen LogP contribution in [-0.2, 0) is 6.42 Å². The molecule has 0 spiro atoms. The molecule has 0 atom stereocenters. The third kappa shape index (κ3) is 3.74. The van der Waals surface area contributed by atoms with Gasteiger partial charge in [-0.25, -0.2) is 9.97 Å². The highest BCUT2D eigenvalue weighted by molar-refractivity contribution is 6.09. The highest BCUT2D eigenvalue weighted by Gasteiger charge is 2.23. The fraction of sp³-hybridized carbons (Fsp3) is 0.320. The van der Waals surface area contributed by atoms with Gasteiger partial charge in [-0.15, -0.1) is 0 Å². The van der Waals surface area contributed by atoms with E-state index in [4.69, 9.17) is 9.40 Å². The highest BCUT2D eigenvalue weighted by atomic mass is 16.3. The predicted octanol–water partition coefficient (Wildman–Crippen LogP) is 5.57. The molecule has 6 heteroatoms. The summed E-state index contributed by atoms with van der Waals surface area (Å²) in [5, 5.41) is 3.91. The zero-order valence-electron chi connectivity index (χ0n) is 17.7. The second-order valence-electron chi connectivity index (χ2n) is 8.01. The Balaban J connectivity index is 1.62. The van der Waals surface area contributed by atoms with Gasteiger partial charge in [0.15, 0.2) is 11.4 Å². The molecule has 0 unspecified atom stereocenters. The molecule has 1 fully saturated rings. The van der Waals surface area contributed by atoms with Crippen LogP contribution in [0, 0.1) is 0 Å². The molecule has 6 nitrogen and oxygen atoms in total. The molecule has 0 aliphatic carbocycles. The lowest BCUT2D eigenvalue weighted by molar-refractivity contribution is 0.101. The molecule has 158 valence electrons. The lowest BCUT2D eigenvalue weighted by Crippen LogP contribution is -2.27. The number of nitrogens with one attached hydrogen (secondary N) is 1. The predicted molar refractivity (Wildman–Crippen MR) is 124 cm³/mol. The summed E-state index contributed by atoms with van der Waals surface area (Å²) in [5.74, 6) is 0.588. The second kappa shape index (κ2) is 8.38. The number of para-hydroxylation sites is 2. The lowest BCUT2D eigenvalue weighted by Gasteiger charge is -2.21. The molecular formula is C25H26N4O2. The lowest BCUT2D eigenvalue weighted by atomic mass is 10.1. The maximum absolute atomic E-state index is 13.2. The summed E-state index contributed by atoms with van der Waals surface area (Å²) in [6.07, 6.45) is 5.48. The number of benzene rings is 2. The molecule has 4 aromatic rings. The van der Waals surface area contributed by atoms with Crippen LogP contribution >= 0.6 is 0 Å². The minimum atomic E-state index is -0.302. The van der Waals surface area contributed by atoms with Crippen LogP contribution in [0.25, 0.3) is 22.1 Å². The van der Waals surface area contributed by atoms with E-state index >= 15 is 0 Å². The summed E-state index contributed by atoms with van der Waals surface area (Å²) >= 11 is 0. The second-order valence-corrected chi connectivity index (χ2v) is 8.01. The summed E-state index contributed by atoms with van der Waals surface area (Å²) in [7, 11) is 0. The van der Waals surface area contributed by atoms with E-state index < -0.39 is 0 Å². The standard InChI is InChI=1S/C25H26N4O2/c1-2-17-11-5-7-13-19(17)26-25(30)23-27-21-18-12-6-8-14-20(18)31-22(21)24(28-23)29-15-9-3-4-10-16-29/h5-8,11-14H,2-4,9-10,15-16H2,1H3,(H,26,30). The maximum atomic E-state index is 13.2. The number of aryl methyl sites for hydroxylation is 1. The first kappa shape index (κ1) is 19.5. The Hall–Kier alpha value is -3.41. The Bertz CT molecular complexity index is 1240. The third-order valence-electron chi connectivity index (χ3n) is 5.96. The minimum absolute atomic E-state index is 0.171. The summed E-state index contributed by atoms with van der Waals surface area (Å²) in [6, 6.07) is 15.7. The van der Waals surface area contributed by atoms with Gasteiger partial charge in [0, 0.05) is 24.2 Å². The summed E-state index contributed by atoms with van der Waals surface area (Å²) in [5.41, 5.74) is 4.00. The SMILES string of the molecule is CCc1ccccc1NC(=O)c1nc(N2CCCCCC2)c2oc3ccccc3c2n1. The number of furan rings is 1. The van der Waals surface area contributed by atoms with E-state index in [-0.39, 0.29) is 11.7 Å². The molecule has 1 saturated heterocycles. The quantitative estimate of drug-likeness (QED) is 0.473. The summed E-state index contributed by atoms with van der Waals surface area (Å²) in [6.45, 7) is 3.88. The summed E-state index contributed by atoms with van der Waals surface area (Å²) < 4.78 is 6.17. The van der Waals surface area contributed by atoms with Crippen molar-refractivity contribution in [3.63, 3.8) is 0 Å². The number of rotatable bonds is 4. The van der Waals surface area contributed by atoms with Gasteiger partial charge in [-0.05, 0) is 43.0 Å². The van der Waals surface area contributed by atoms with E-state index in [1.165, 1.54) is 12.8 Å². The maximum Gasteiger partial charge on any atom is 0.293 e. The van der Waals surface area contributed by atoms with E-state index in [9.17, 15) is 4.79 Å². The molecular weight excluding hydrogens is 388 g/mol. The Kier molecular flexibility index (Phi) is 5.28. The number of carbonyl (C=O) groups is 1. The fourth-order valence-corrected chi connectivity index (χ4v) is 4.30. The van der Waals surface area contributed by atoms with Crippen LogP contribution in [0.15, 0.2) is 52.9 Å². The van der Waals surface area contributed by atoms with Gasteiger partial charge in [0.25, 0.3) is 5.91 Å². The van der Waals surface area contributed by atoms with Gasteiger partial charge in [0.05, 0.1) is 0 Å². The number of amides is 1. The molecule has 1 N–H and O–H groups in total. The van der Waals surface area contributed by atoms with Crippen molar-refractivity contribution in [2.24, 2.45) is 0 Å². The molecule has 1 aliphatic heterocycles. The minimum Gasteiger partial charge on any atom is -0.450 e. The summed E-state index contributed by atoms with van der Waals surface area (Å²) in [4.78, 5) is 24.8. The first-order chi connectivity index (χ1) is 15.2. The number of fused-ring (bicyclic) bond motifs is 3. The number of aromatic nitrogens is 2. The van der Waals surface area contributed by atoms with Crippen LogP contribution in [0.1, 0.15) is 48.8 Å². The first-order valence-corrected chi connectivity index (χ1v) is 11.1. The molecule has 31 heavy (non-hydrogen) atoms. The van der Waals surface area contributed by atoms with Gasteiger partial charge >= 0.3 is 0 Å². The van der Waals surface area contributed by atoms with E-state index in [1.54, 1.807) is 0 Å². The van der Waals surface area contributed by atoms with Crippen LogP contribution < -0.4 is 10.2 Å². The average molecular weight is 415 g/mol. The number of hydrogen-bond donors (Lipinski definition) is 1. The van der Waals surface area contributed by atoms with Crippen molar-refractivity contribution >= 4 is 39.5 Å². The van der Waals surface area contributed by atoms with Crippen molar-refractivity contribution in [1.82, 2.24) is 9.97 Å². The van der Waals surface area contributed by atoms with Gasteiger partial charge < -0.3 is 14.6 Å². The first-order valence-electron chi connectivity index (χ1n) is 11.1. The molecule has 3 heterocycles. The molecule has 0 saturated carbocycles. The molecule has 0 bridgehead atoms. The van der Waals surface area contributed by atoms with Gasteiger partial charge in [-0.2, -0.15) is 0 Å².